The minimum Gasteiger partial charge on any atom is -0.493 e. The summed E-state index contributed by atoms with van der Waals surface area (Å²) in [6.07, 6.45) is 5.34. The normalized spacial score (nSPS) is 10.6. The predicted octanol–water partition coefficient (Wildman–Crippen LogP) is 2.42. The second kappa shape index (κ2) is 8.55. The maximum absolute atomic E-state index is 5.42. The number of anilines is 1. The second-order valence-corrected chi connectivity index (χ2v) is 6.04. The number of benzene rings is 1. The number of aromatic nitrogens is 5. The summed E-state index contributed by atoms with van der Waals surface area (Å²) in [5, 5.41) is 8.27. The first-order valence-electron chi connectivity index (χ1n) is 8.82. The number of methoxy groups -OCH3 is 3. The van der Waals surface area contributed by atoms with Gasteiger partial charge in [0.25, 0.3) is 0 Å². The monoisotopic (exact) mass is 384 g/mol. The molecule has 9 heteroatoms. The Balaban J connectivity index is 1.93. The van der Waals surface area contributed by atoms with E-state index in [-0.39, 0.29) is 0 Å². The highest BCUT2D eigenvalue weighted by Gasteiger charge is 2.16. The molecule has 0 spiro atoms. The van der Waals surface area contributed by atoms with E-state index in [4.69, 9.17) is 14.2 Å². The number of hydrogen-bond donors (Lipinski definition) is 0. The van der Waals surface area contributed by atoms with Crippen LogP contribution in [0.15, 0.2) is 30.7 Å². The number of nitrogens with zero attached hydrogens (tertiary/aromatic N) is 6. The zero-order valence-electron chi connectivity index (χ0n) is 16.7. The first-order chi connectivity index (χ1) is 13.6. The molecule has 0 fully saturated rings. The summed E-state index contributed by atoms with van der Waals surface area (Å²) in [7, 11) is 6.63. The van der Waals surface area contributed by atoms with Crippen molar-refractivity contribution >= 4 is 5.95 Å². The molecule has 1 aromatic carbocycles. The highest BCUT2D eigenvalue weighted by atomic mass is 16.5. The molecule has 2 heterocycles. The maximum Gasteiger partial charge on any atom is 0.246 e. The molecule has 0 atom stereocenters. The van der Waals surface area contributed by atoms with Crippen LogP contribution in [0.4, 0.5) is 5.95 Å². The Morgan fingerprint density at radius 1 is 1.07 bits per heavy atom. The number of rotatable bonds is 8. The summed E-state index contributed by atoms with van der Waals surface area (Å²) in [4.78, 5) is 11.0. The lowest BCUT2D eigenvalue weighted by molar-refractivity contribution is 0.324. The Morgan fingerprint density at radius 3 is 2.39 bits per heavy atom. The van der Waals surface area contributed by atoms with Crippen LogP contribution in [0, 0.1) is 0 Å². The molecule has 9 nitrogen and oxygen atoms in total. The average molecular weight is 384 g/mol. The molecule has 0 aliphatic heterocycles. The molecule has 3 aromatic rings. The second-order valence-electron chi connectivity index (χ2n) is 6.04. The fraction of sp³-hybridized carbons (Fsp3) is 0.368. The summed E-state index contributed by atoms with van der Waals surface area (Å²) in [5.41, 5.74) is 1.43. The van der Waals surface area contributed by atoms with E-state index < -0.39 is 0 Å². The van der Waals surface area contributed by atoms with Crippen LogP contribution < -0.4 is 19.1 Å². The van der Waals surface area contributed by atoms with Crippen LogP contribution in [-0.2, 0) is 13.1 Å². The van der Waals surface area contributed by atoms with Crippen molar-refractivity contribution in [2.24, 2.45) is 0 Å². The van der Waals surface area contributed by atoms with Gasteiger partial charge in [0.1, 0.15) is 5.82 Å². The van der Waals surface area contributed by atoms with Gasteiger partial charge in [-0.25, -0.2) is 9.97 Å². The van der Waals surface area contributed by atoms with E-state index in [2.05, 4.69) is 31.7 Å². The van der Waals surface area contributed by atoms with Crippen molar-refractivity contribution in [1.29, 1.82) is 0 Å². The van der Waals surface area contributed by atoms with Crippen LogP contribution in [0.1, 0.15) is 12.7 Å². The molecule has 0 saturated heterocycles. The van der Waals surface area contributed by atoms with Gasteiger partial charge in [-0.15, -0.1) is 5.10 Å². The molecule has 0 N–H and O–H groups in total. The first kappa shape index (κ1) is 19.4. The van der Waals surface area contributed by atoms with Crippen molar-refractivity contribution in [2.45, 2.75) is 20.0 Å². The van der Waals surface area contributed by atoms with Crippen LogP contribution in [0.2, 0.25) is 0 Å². The van der Waals surface area contributed by atoms with E-state index in [1.165, 1.54) is 0 Å². The lowest BCUT2D eigenvalue weighted by Crippen LogP contribution is -2.22. The van der Waals surface area contributed by atoms with Gasteiger partial charge in [-0.3, -0.25) is 0 Å². The Kier molecular flexibility index (Phi) is 5.93. The van der Waals surface area contributed by atoms with Gasteiger partial charge in [-0.05, 0) is 19.1 Å². The molecule has 0 amide bonds. The van der Waals surface area contributed by atoms with E-state index >= 15 is 0 Å². The Labute approximate surface area is 163 Å². The van der Waals surface area contributed by atoms with E-state index in [9.17, 15) is 0 Å². The minimum absolute atomic E-state index is 0.497. The van der Waals surface area contributed by atoms with Crippen LogP contribution in [0.5, 0.6) is 17.2 Å². The lowest BCUT2D eigenvalue weighted by atomic mass is 10.1. The van der Waals surface area contributed by atoms with E-state index in [0.717, 1.165) is 17.9 Å². The van der Waals surface area contributed by atoms with Crippen LogP contribution in [0.3, 0.4) is 0 Å². The third-order valence-corrected chi connectivity index (χ3v) is 4.37. The molecular formula is C19H24N6O3. The van der Waals surface area contributed by atoms with Crippen LogP contribution in [-0.4, -0.2) is 53.1 Å². The van der Waals surface area contributed by atoms with Crippen molar-refractivity contribution in [2.75, 3.05) is 33.3 Å². The molecule has 3 rings (SSSR count). The summed E-state index contributed by atoms with van der Waals surface area (Å²) in [5.74, 6) is 3.06. The van der Waals surface area contributed by atoms with E-state index in [1.54, 1.807) is 33.7 Å². The molecule has 0 saturated carbocycles. The molecule has 148 valence electrons. The standard InChI is InChI=1S/C19H24N6O3/c1-6-25-8-7-20-17(25)12-24(2)19-22-14(11-21-23-19)13-9-15(26-3)18(28-5)16(10-13)27-4/h7-11H,6,12H2,1-5H3. The van der Waals surface area contributed by atoms with E-state index in [1.807, 2.05) is 30.3 Å². The number of hydrogen-bond acceptors (Lipinski definition) is 8. The third kappa shape index (κ3) is 3.83. The Bertz CT molecular complexity index is 918. The molecule has 28 heavy (non-hydrogen) atoms. The zero-order chi connectivity index (χ0) is 20.1. The quantitative estimate of drug-likeness (QED) is 0.585. The largest absolute Gasteiger partial charge is 0.493 e. The number of ether oxygens (including phenoxy) is 3. The van der Waals surface area contributed by atoms with Crippen molar-refractivity contribution < 1.29 is 14.2 Å². The predicted molar refractivity (Wildman–Crippen MR) is 105 cm³/mol. The van der Waals surface area contributed by atoms with Gasteiger partial charge >= 0.3 is 0 Å². The summed E-state index contributed by atoms with van der Waals surface area (Å²) >= 11 is 0. The summed E-state index contributed by atoms with van der Waals surface area (Å²) < 4.78 is 18.3. The van der Waals surface area contributed by atoms with Crippen molar-refractivity contribution in [1.82, 2.24) is 24.7 Å². The summed E-state index contributed by atoms with van der Waals surface area (Å²) in [6, 6.07) is 3.66. The van der Waals surface area contributed by atoms with Gasteiger partial charge in [-0.2, -0.15) is 5.10 Å². The van der Waals surface area contributed by atoms with Gasteiger partial charge in [0, 0.05) is 31.5 Å². The van der Waals surface area contributed by atoms with Crippen molar-refractivity contribution in [3.8, 4) is 28.5 Å². The highest BCUT2D eigenvalue weighted by molar-refractivity contribution is 5.68. The molecule has 0 aliphatic rings. The minimum atomic E-state index is 0.497. The SMILES string of the molecule is CCn1ccnc1CN(C)c1nncc(-c2cc(OC)c(OC)c(OC)c2)n1. The van der Waals surface area contributed by atoms with Crippen LogP contribution in [0.25, 0.3) is 11.3 Å². The van der Waals surface area contributed by atoms with Gasteiger partial charge < -0.3 is 23.7 Å². The molecular weight excluding hydrogens is 360 g/mol. The zero-order valence-corrected chi connectivity index (χ0v) is 16.7. The van der Waals surface area contributed by atoms with E-state index in [0.29, 0.717) is 35.4 Å². The fourth-order valence-corrected chi connectivity index (χ4v) is 2.89. The van der Waals surface area contributed by atoms with Gasteiger partial charge in [0.2, 0.25) is 11.7 Å². The van der Waals surface area contributed by atoms with Crippen molar-refractivity contribution in [3.63, 3.8) is 0 Å². The van der Waals surface area contributed by atoms with Gasteiger partial charge in [-0.1, -0.05) is 0 Å². The molecule has 0 bridgehead atoms. The molecule has 0 unspecified atom stereocenters. The lowest BCUT2D eigenvalue weighted by Gasteiger charge is -2.18. The summed E-state index contributed by atoms with van der Waals surface area (Å²) in [6.45, 7) is 3.50. The fourth-order valence-electron chi connectivity index (χ4n) is 2.89. The smallest absolute Gasteiger partial charge is 0.246 e. The Morgan fingerprint density at radius 2 is 1.79 bits per heavy atom. The topological polar surface area (TPSA) is 87.4 Å². The maximum atomic E-state index is 5.42. The molecule has 0 radical (unpaired) electrons. The molecule has 0 aliphatic carbocycles. The first-order valence-corrected chi connectivity index (χ1v) is 8.82. The average Bonchev–Trinajstić information content (AvgIpc) is 3.19. The Hall–Kier alpha value is -3.36. The molecule has 2 aromatic heterocycles. The van der Waals surface area contributed by atoms with Crippen molar-refractivity contribution in [3.05, 3.63) is 36.5 Å². The van der Waals surface area contributed by atoms with Gasteiger partial charge in [0.05, 0.1) is 39.8 Å². The number of imidazole rings is 1. The highest BCUT2D eigenvalue weighted by Crippen LogP contribution is 2.40. The number of aryl methyl sites for hydroxylation is 1. The third-order valence-electron chi connectivity index (χ3n) is 4.37. The van der Waals surface area contributed by atoms with Crippen LogP contribution >= 0.6 is 0 Å². The van der Waals surface area contributed by atoms with Gasteiger partial charge in [0.15, 0.2) is 11.5 Å².